The zero-order valence-electron chi connectivity index (χ0n) is 12.2. The number of anilines is 1. The van der Waals surface area contributed by atoms with Crippen LogP contribution in [-0.4, -0.2) is 14.0 Å². The van der Waals surface area contributed by atoms with Gasteiger partial charge in [-0.3, -0.25) is 8.89 Å². The van der Waals surface area contributed by atoms with E-state index in [9.17, 15) is 4.21 Å². The number of nitrogens with zero attached hydrogens (tertiary/aromatic N) is 2. The van der Waals surface area contributed by atoms with Gasteiger partial charge in [0.05, 0.1) is 22.2 Å². The van der Waals surface area contributed by atoms with Crippen LogP contribution in [-0.2, 0) is 16.6 Å². The largest absolute Gasteiger partial charge is 0.399 e. The molecule has 0 amide bonds. The maximum atomic E-state index is 12.3. The molecule has 0 bridgehead atoms. The summed E-state index contributed by atoms with van der Waals surface area (Å²) in [6, 6.07) is 7.83. The molecule has 0 aliphatic heterocycles. The van der Waals surface area contributed by atoms with Gasteiger partial charge in [0, 0.05) is 22.8 Å². The fraction of sp³-hybridized carbons (Fsp3) is 0.400. The number of nitrogen functional groups attached to an aromatic ring is 1. The smallest absolute Gasteiger partial charge is 0.0753 e. The van der Waals surface area contributed by atoms with E-state index >= 15 is 0 Å². The standard InChI is InChI=1S/C15H21N3OS/c1-4-12(3)18-8-7-13(17-18)10-20(19)14-5-6-15(16)11(2)9-14/h5-9,12H,4,10,16H2,1-3H3. The van der Waals surface area contributed by atoms with Crippen LogP contribution in [0.2, 0.25) is 0 Å². The molecule has 1 aromatic heterocycles. The minimum Gasteiger partial charge on any atom is -0.399 e. The lowest BCUT2D eigenvalue weighted by Crippen LogP contribution is -2.06. The molecular formula is C15H21N3OS. The summed E-state index contributed by atoms with van der Waals surface area (Å²) < 4.78 is 14.3. The first-order chi connectivity index (χ1) is 9.51. The van der Waals surface area contributed by atoms with Crippen molar-refractivity contribution in [3.05, 3.63) is 41.7 Å². The van der Waals surface area contributed by atoms with E-state index in [1.165, 1.54) is 0 Å². The second-order valence-electron chi connectivity index (χ2n) is 5.05. The first kappa shape index (κ1) is 14.8. The van der Waals surface area contributed by atoms with Crippen molar-refractivity contribution in [1.29, 1.82) is 0 Å². The molecule has 5 heteroatoms. The molecule has 0 radical (unpaired) electrons. The number of aryl methyl sites for hydroxylation is 1. The van der Waals surface area contributed by atoms with Crippen LogP contribution in [0, 0.1) is 6.92 Å². The highest BCUT2D eigenvalue weighted by Gasteiger charge is 2.10. The number of rotatable bonds is 5. The van der Waals surface area contributed by atoms with Gasteiger partial charge >= 0.3 is 0 Å². The summed E-state index contributed by atoms with van der Waals surface area (Å²) in [5.74, 6) is 0.437. The van der Waals surface area contributed by atoms with Crippen LogP contribution in [0.25, 0.3) is 0 Å². The second-order valence-corrected chi connectivity index (χ2v) is 6.50. The maximum absolute atomic E-state index is 12.3. The van der Waals surface area contributed by atoms with Gasteiger partial charge in [-0.25, -0.2) is 0 Å². The molecule has 0 aliphatic rings. The molecule has 4 nitrogen and oxygen atoms in total. The Morgan fingerprint density at radius 2 is 2.15 bits per heavy atom. The van der Waals surface area contributed by atoms with Gasteiger partial charge in [0.2, 0.25) is 0 Å². The minimum absolute atomic E-state index is 0.371. The van der Waals surface area contributed by atoms with Gasteiger partial charge in [-0.15, -0.1) is 0 Å². The summed E-state index contributed by atoms with van der Waals surface area (Å²) in [4.78, 5) is 0.801. The molecule has 2 rings (SSSR count). The third kappa shape index (κ3) is 3.28. The Bertz CT molecular complexity index is 621. The van der Waals surface area contributed by atoms with Gasteiger partial charge in [-0.1, -0.05) is 6.92 Å². The van der Waals surface area contributed by atoms with Gasteiger partial charge in [-0.05, 0) is 50.1 Å². The Morgan fingerprint density at radius 1 is 1.40 bits per heavy atom. The third-order valence-corrected chi connectivity index (χ3v) is 4.83. The lowest BCUT2D eigenvalue weighted by molar-refractivity contribution is 0.475. The highest BCUT2D eigenvalue weighted by Crippen LogP contribution is 2.18. The van der Waals surface area contributed by atoms with Gasteiger partial charge in [0.1, 0.15) is 0 Å². The molecule has 0 fully saturated rings. The molecule has 2 N–H and O–H groups in total. The summed E-state index contributed by atoms with van der Waals surface area (Å²) >= 11 is 0. The summed E-state index contributed by atoms with van der Waals surface area (Å²) in [6.07, 6.45) is 2.98. The van der Waals surface area contributed by atoms with Crippen molar-refractivity contribution in [2.75, 3.05) is 5.73 Å². The van der Waals surface area contributed by atoms with Crippen LogP contribution in [0.3, 0.4) is 0 Å². The highest BCUT2D eigenvalue weighted by molar-refractivity contribution is 7.84. The van der Waals surface area contributed by atoms with Crippen LogP contribution in [0.4, 0.5) is 5.69 Å². The highest BCUT2D eigenvalue weighted by atomic mass is 32.2. The monoisotopic (exact) mass is 291 g/mol. The van der Waals surface area contributed by atoms with E-state index in [0.29, 0.717) is 11.8 Å². The van der Waals surface area contributed by atoms with Crippen molar-refractivity contribution < 1.29 is 4.21 Å². The predicted octanol–water partition coefficient (Wildman–Crippen LogP) is 3.05. The Morgan fingerprint density at radius 3 is 2.80 bits per heavy atom. The van der Waals surface area contributed by atoms with Gasteiger partial charge in [0.15, 0.2) is 0 Å². The molecule has 0 saturated carbocycles. The van der Waals surface area contributed by atoms with E-state index in [-0.39, 0.29) is 0 Å². The number of aromatic nitrogens is 2. The molecule has 2 aromatic rings. The van der Waals surface area contributed by atoms with E-state index in [2.05, 4.69) is 18.9 Å². The number of nitrogens with two attached hydrogens (primary N) is 1. The maximum Gasteiger partial charge on any atom is 0.0753 e. The normalized spacial score (nSPS) is 14.2. The summed E-state index contributed by atoms with van der Waals surface area (Å²) in [6.45, 7) is 6.17. The molecule has 2 atom stereocenters. The molecule has 0 saturated heterocycles. The summed E-state index contributed by atoms with van der Waals surface area (Å²) in [5.41, 5.74) is 8.33. The van der Waals surface area contributed by atoms with Crippen molar-refractivity contribution in [3.63, 3.8) is 0 Å². The number of benzene rings is 1. The van der Waals surface area contributed by atoms with Crippen LogP contribution < -0.4 is 5.73 Å². The molecular weight excluding hydrogens is 270 g/mol. The Labute approximate surface area is 122 Å². The average molecular weight is 291 g/mol. The molecule has 1 aromatic carbocycles. The van der Waals surface area contributed by atoms with E-state index in [4.69, 9.17) is 5.73 Å². The lowest BCUT2D eigenvalue weighted by atomic mass is 10.2. The average Bonchev–Trinajstić information content (AvgIpc) is 2.89. The van der Waals surface area contributed by atoms with Crippen molar-refractivity contribution in [3.8, 4) is 0 Å². The van der Waals surface area contributed by atoms with Crippen molar-refractivity contribution in [1.82, 2.24) is 9.78 Å². The minimum atomic E-state index is -1.09. The van der Waals surface area contributed by atoms with E-state index in [1.807, 2.05) is 36.0 Å². The fourth-order valence-corrected chi connectivity index (χ4v) is 3.01. The lowest BCUT2D eigenvalue weighted by Gasteiger charge is -2.08. The topological polar surface area (TPSA) is 60.9 Å². The Hall–Kier alpha value is -1.62. The summed E-state index contributed by atoms with van der Waals surface area (Å²) in [5, 5.41) is 4.49. The molecule has 2 unspecified atom stereocenters. The van der Waals surface area contributed by atoms with Gasteiger partial charge in [-0.2, -0.15) is 5.10 Å². The van der Waals surface area contributed by atoms with E-state index in [0.717, 1.165) is 28.3 Å². The van der Waals surface area contributed by atoms with Crippen LogP contribution in [0.1, 0.15) is 37.6 Å². The van der Waals surface area contributed by atoms with Crippen molar-refractivity contribution in [2.24, 2.45) is 0 Å². The van der Waals surface area contributed by atoms with E-state index < -0.39 is 10.8 Å². The SMILES string of the molecule is CCC(C)n1ccc(CS(=O)c2ccc(N)c(C)c2)n1. The summed E-state index contributed by atoms with van der Waals surface area (Å²) in [7, 11) is -1.09. The third-order valence-electron chi connectivity index (χ3n) is 3.49. The van der Waals surface area contributed by atoms with E-state index in [1.54, 1.807) is 6.07 Å². The Kier molecular flexibility index (Phi) is 4.60. The van der Waals surface area contributed by atoms with Crippen molar-refractivity contribution >= 4 is 16.5 Å². The predicted molar refractivity (Wildman–Crippen MR) is 82.9 cm³/mol. The van der Waals surface area contributed by atoms with Crippen LogP contribution in [0.15, 0.2) is 35.4 Å². The zero-order valence-corrected chi connectivity index (χ0v) is 13.0. The van der Waals surface area contributed by atoms with Crippen LogP contribution in [0.5, 0.6) is 0 Å². The number of hydrogen-bond acceptors (Lipinski definition) is 3. The van der Waals surface area contributed by atoms with Crippen LogP contribution >= 0.6 is 0 Å². The second kappa shape index (κ2) is 6.22. The first-order valence-corrected chi connectivity index (χ1v) is 8.11. The first-order valence-electron chi connectivity index (χ1n) is 6.79. The van der Waals surface area contributed by atoms with Crippen molar-refractivity contribution in [2.45, 2.75) is 43.9 Å². The molecule has 0 spiro atoms. The Balaban J connectivity index is 2.11. The fourth-order valence-electron chi connectivity index (χ4n) is 1.89. The molecule has 0 aliphatic carbocycles. The zero-order chi connectivity index (χ0) is 14.7. The molecule has 108 valence electrons. The quantitative estimate of drug-likeness (QED) is 0.861. The number of hydrogen-bond donors (Lipinski definition) is 1. The van der Waals surface area contributed by atoms with Gasteiger partial charge in [0.25, 0.3) is 0 Å². The van der Waals surface area contributed by atoms with Gasteiger partial charge < -0.3 is 5.73 Å². The molecule has 20 heavy (non-hydrogen) atoms. The molecule has 1 heterocycles.